The number of furan rings is 1. The number of hydrogen-bond acceptors (Lipinski definition) is 7. The number of amides is 1. The van der Waals surface area contributed by atoms with Crippen molar-refractivity contribution in [2.45, 2.75) is 31.3 Å². The monoisotopic (exact) mass is 387 g/mol. The van der Waals surface area contributed by atoms with E-state index in [9.17, 15) is 9.59 Å². The van der Waals surface area contributed by atoms with E-state index in [1.54, 1.807) is 0 Å². The highest BCUT2D eigenvalue weighted by molar-refractivity contribution is 8.00. The SMILES string of the molecule is CC[C@@H](C)[C@@H](NC(=O)CSc1ncnc2c1oc1ccccc12)C(=O)OC. The first-order valence-electron chi connectivity index (χ1n) is 8.67. The van der Waals surface area contributed by atoms with Gasteiger partial charge >= 0.3 is 5.97 Å². The summed E-state index contributed by atoms with van der Waals surface area (Å²) in [5, 5.41) is 4.25. The fraction of sp³-hybridized carbons (Fsp3) is 0.368. The molecule has 1 aromatic carbocycles. The van der Waals surface area contributed by atoms with Gasteiger partial charge < -0.3 is 14.5 Å². The third kappa shape index (κ3) is 4.05. The van der Waals surface area contributed by atoms with E-state index in [1.165, 1.54) is 25.2 Å². The molecule has 2 aromatic heterocycles. The minimum absolute atomic E-state index is 0.0208. The standard InChI is InChI=1S/C19H21N3O4S/c1-4-11(2)15(19(24)25-3)22-14(23)9-27-18-17-16(20-10-21-18)12-7-5-6-8-13(12)26-17/h5-8,10-11,15H,4,9H2,1-3H3,(H,22,23)/t11-,15-/m1/s1. The number of esters is 1. The van der Waals surface area contributed by atoms with Crippen molar-refractivity contribution in [2.24, 2.45) is 5.92 Å². The summed E-state index contributed by atoms with van der Waals surface area (Å²) in [6, 6.07) is 6.94. The number of fused-ring (bicyclic) bond motifs is 3. The van der Waals surface area contributed by atoms with Crippen molar-refractivity contribution in [2.75, 3.05) is 12.9 Å². The largest absolute Gasteiger partial charge is 0.467 e. The number of methoxy groups -OCH3 is 1. The van der Waals surface area contributed by atoms with E-state index in [2.05, 4.69) is 15.3 Å². The molecule has 1 amide bonds. The fourth-order valence-corrected chi connectivity index (χ4v) is 3.49. The highest BCUT2D eigenvalue weighted by atomic mass is 32.2. The van der Waals surface area contributed by atoms with Gasteiger partial charge in [-0.25, -0.2) is 14.8 Å². The minimum atomic E-state index is -0.662. The van der Waals surface area contributed by atoms with Gasteiger partial charge in [0, 0.05) is 5.39 Å². The second-order valence-electron chi connectivity index (χ2n) is 6.20. The summed E-state index contributed by atoms with van der Waals surface area (Å²) < 4.78 is 10.7. The zero-order chi connectivity index (χ0) is 19.4. The van der Waals surface area contributed by atoms with Gasteiger partial charge in [-0.2, -0.15) is 0 Å². The summed E-state index contributed by atoms with van der Waals surface area (Å²) in [4.78, 5) is 32.8. The average Bonchev–Trinajstić information content (AvgIpc) is 3.08. The lowest BCUT2D eigenvalue weighted by Gasteiger charge is -2.21. The minimum Gasteiger partial charge on any atom is -0.467 e. The Hall–Kier alpha value is -2.61. The quantitative estimate of drug-likeness (QED) is 0.378. The second kappa shape index (κ2) is 8.39. The number of ether oxygens (including phenoxy) is 1. The predicted molar refractivity (Wildman–Crippen MR) is 103 cm³/mol. The van der Waals surface area contributed by atoms with E-state index in [-0.39, 0.29) is 17.6 Å². The number of aromatic nitrogens is 2. The molecule has 0 saturated heterocycles. The van der Waals surface area contributed by atoms with Crippen LogP contribution in [-0.2, 0) is 14.3 Å². The van der Waals surface area contributed by atoms with Gasteiger partial charge in [0.05, 0.1) is 12.9 Å². The van der Waals surface area contributed by atoms with E-state index < -0.39 is 12.0 Å². The second-order valence-corrected chi connectivity index (χ2v) is 7.16. The molecule has 2 heterocycles. The molecule has 0 aliphatic heterocycles. The Kier molecular flexibility index (Phi) is 5.95. The summed E-state index contributed by atoms with van der Waals surface area (Å²) >= 11 is 1.24. The van der Waals surface area contributed by atoms with Crippen molar-refractivity contribution >= 4 is 45.7 Å². The molecule has 0 aliphatic carbocycles. The predicted octanol–water partition coefficient (Wildman–Crippen LogP) is 3.17. The van der Waals surface area contributed by atoms with Gasteiger partial charge in [0.1, 0.15) is 28.5 Å². The van der Waals surface area contributed by atoms with Crippen LogP contribution in [0.1, 0.15) is 20.3 Å². The van der Waals surface area contributed by atoms with Gasteiger partial charge in [0.15, 0.2) is 5.58 Å². The molecule has 0 fully saturated rings. The van der Waals surface area contributed by atoms with E-state index in [0.717, 1.165) is 22.9 Å². The molecule has 0 aliphatic rings. The van der Waals surface area contributed by atoms with Gasteiger partial charge in [-0.15, -0.1) is 0 Å². The lowest BCUT2D eigenvalue weighted by Crippen LogP contribution is -2.46. The Morgan fingerprint density at radius 2 is 2.07 bits per heavy atom. The van der Waals surface area contributed by atoms with Crippen LogP contribution in [0, 0.1) is 5.92 Å². The van der Waals surface area contributed by atoms with Crippen LogP contribution in [0.2, 0.25) is 0 Å². The molecule has 0 bridgehead atoms. The molecule has 27 heavy (non-hydrogen) atoms. The van der Waals surface area contributed by atoms with Crippen LogP contribution in [0.4, 0.5) is 0 Å². The Balaban J connectivity index is 1.74. The van der Waals surface area contributed by atoms with Crippen molar-refractivity contribution in [1.29, 1.82) is 0 Å². The zero-order valence-corrected chi connectivity index (χ0v) is 16.2. The molecule has 0 saturated carbocycles. The molecule has 3 rings (SSSR count). The van der Waals surface area contributed by atoms with E-state index in [4.69, 9.17) is 9.15 Å². The number of nitrogens with zero attached hydrogens (tertiary/aromatic N) is 2. The maximum absolute atomic E-state index is 12.4. The molecule has 0 spiro atoms. The van der Waals surface area contributed by atoms with Crippen LogP contribution in [0.15, 0.2) is 40.0 Å². The first-order chi connectivity index (χ1) is 13.0. The first kappa shape index (κ1) is 19.2. The van der Waals surface area contributed by atoms with Crippen molar-refractivity contribution in [3.63, 3.8) is 0 Å². The Morgan fingerprint density at radius 1 is 1.30 bits per heavy atom. The molecule has 0 unspecified atom stereocenters. The van der Waals surface area contributed by atoms with Crippen molar-refractivity contribution in [3.05, 3.63) is 30.6 Å². The van der Waals surface area contributed by atoms with Crippen LogP contribution >= 0.6 is 11.8 Å². The molecule has 0 radical (unpaired) electrons. The summed E-state index contributed by atoms with van der Waals surface area (Å²) in [6.07, 6.45) is 2.21. The lowest BCUT2D eigenvalue weighted by molar-refractivity contribution is -0.146. The Morgan fingerprint density at radius 3 is 2.81 bits per heavy atom. The van der Waals surface area contributed by atoms with Crippen molar-refractivity contribution < 1.29 is 18.7 Å². The van der Waals surface area contributed by atoms with Gasteiger partial charge in [-0.1, -0.05) is 44.2 Å². The maximum atomic E-state index is 12.4. The normalized spacial score (nSPS) is 13.4. The van der Waals surface area contributed by atoms with Crippen LogP contribution in [-0.4, -0.2) is 40.7 Å². The highest BCUT2D eigenvalue weighted by Crippen LogP contribution is 2.32. The summed E-state index contributed by atoms with van der Waals surface area (Å²) in [5.41, 5.74) is 2.00. The molecule has 1 N–H and O–H groups in total. The summed E-state index contributed by atoms with van der Waals surface area (Å²) in [6.45, 7) is 3.86. The fourth-order valence-electron chi connectivity index (χ4n) is 2.75. The topological polar surface area (TPSA) is 94.3 Å². The van der Waals surface area contributed by atoms with Crippen LogP contribution in [0.25, 0.3) is 22.1 Å². The summed E-state index contributed by atoms with van der Waals surface area (Å²) in [5.74, 6) is -0.622. The van der Waals surface area contributed by atoms with E-state index in [1.807, 2.05) is 38.1 Å². The molecule has 2 atom stereocenters. The van der Waals surface area contributed by atoms with Crippen molar-refractivity contribution in [3.8, 4) is 0 Å². The van der Waals surface area contributed by atoms with Crippen molar-refractivity contribution in [1.82, 2.24) is 15.3 Å². The number of carbonyl (C=O) groups excluding carboxylic acids is 2. The average molecular weight is 387 g/mol. The van der Waals surface area contributed by atoms with Crippen LogP contribution < -0.4 is 5.32 Å². The first-order valence-corrected chi connectivity index (χ1v) is 9.66. The Bertz CT molecular complexity index is 972. The summed E-state index contributed by atoms with van der Waals surface area (Å²) in [7, 11) is 1.32. The molecular weight excluding hydrogens is 366 g/mol. The van der Waals surface area contributed by atoms with Gasteiger partial charge in [0.25, 0.3) is 0 Å². The number of benzene rings is 1. The lowest BCUT2D eigenvalue weighted by atomic mass is 9.99. The molecule has 142 valence electrons. The molecule has 8 heteroatoms. The number of rotatable bonds is 7. The zero-order valence-electron chi connectivity index (χ0n) is 15.4. The van der Waals surface area contributed by atoms with Crippen LogP contribution in [0.5, 0.6) is 0 Å². The number of thioether (sulfide) groups is 1. The van der Waals surface area contributed by atoms with Crippen LogP contribution in [0.3, 0.4) is 0 Å². The number of carbonyl (C=O) groups is 2. The molecule has 7 nitrogen and oxygen atoms in total. The number of hydrogen-bond donors (Lipinski definition) is 1. The third-order valence-electron chi connectivity index (χ3n) is 4.45. The molecular formula is C19H21N3O4S. The molecule has 3 aromatic rings. The number of para-hydroxylation sites is 1. The third-order valence-corrected chi connectivity index (χ3v) is 5.42. The van der Waals surface area contributed by atoms with E-state index >= 15 is 0 Å². The Labute approximate surface area is 160 Å². The number of nitrogens with one attached hydrogen (secondary N) is 1. The van der Waals surface area contributed by atoms with Gasteiger partial charge in [-0.05, 0) is 18.1 Å². The van der Waals surface area contributed by atoms with E-state index in [0.29, 0.717) is 10.6 Å². The highest BCUT2D eigenvalue weighted by Gasteiger charge is 2.26. The smallest absolute Gasteiger partial charge is 0.328 e. The van der Waals surface area contributed by atoms with Gasteiger partial charge in [0.2, 0.25) is 5.91 Å². The van der Waals surface area contributed by atoms with Gasteiger partial charge in [-0.3, -0.25) is 4.79 Å². The maximum Gasteiger partial charge on any atom is 0.328 e.